The molecule has 0 aliphatic carbocycles. The van der Waals surface area contributed by atoms with Crippen LogP contribution in [0, 0.1) is 0 Å². The summed E-state index contributed by atoms with van der Waals surface area (Å²) in [4.78, 5) is 24.2. The van der Waals surface area contributed by atoms with Crippen molar-refractivity contribution in [2.45, 2.75) is 32.5 Å². The first kappa shape index (κ1) is 14.3. The van der Waals surface area contributed by atoms with E-state index in [9.17, 15) is 9.59 Å². The summed E-state index contributed by atoms with van der Waals surface area (Å²) < 4.78 is 5.53. The molecule has 1 amide bonds. The Morgan fingerprint density at radius 1 is 1.45 bits per heavy atom. The minimum absolute atomic E-state index is 0.0169. The van der Waals surface area contributed by atoms with Crippen LogP contribution in [0.4, 0.5) is 5.69 Å². The number of anilines is 1. The lowest BCUT2D eigenvalue weighted by atomic mass is 10.1. The fourth-order valence-corrected chi connectivity index (χ4v) is 2.17. The van der Waals surface area contributed by atoms with Gasteiger partial charge in [-0.3, -0.25) is 9.59 Å². The van der Waals surface area contributed by atoms with Crippen molar-refractivity contribution in [1.82, 2.24) is 0 Å². The lowest BCUT2D eigenvalue weighted by molar-refractivity contribution is -0.137. The number of carbonyl (C=O) groups excluding carboxylic acids is 1. The zero-order chi connectivity index (χ0) is 14.7. The fourth-order valence-electron chi connectivity index (χ4n) is 2.17. The number of carbonyl (C=O) groups is 2. The normalized spacial score (nSPS) is 17.6. The van der Waals surface area contributed by atoms with Gasteiger partial charge in [0.1, 0.15) is 5.75 Å². The number of hydrogen-bond acceptors (Lipinski definition) is 4. The van der Waals surface area contributed by atoms with E-state index in [1.165, 1.54) is 0 Å². The number of carboxylic acid groups (broad SMARTS) is 1. The highest BCUT2D eigenvalue weighted by molar-refractivity contribution is 5.99. The molecule has 6 heteroatoms. The molecule has 0 radical (unpaired) electrons. The minimum atomic E-state index is -0.880. The number of benzene rings is 1. The Kier molecular flexibility index (Phi) is 4.24. The van der Waals surface area contributed by atoms with Gasteiger partial charge in [0.05, 0.1) is 12.3 Å². The van der Waals surface area contributed by atoms with Crippen molar-refractivity contribution >= 4 is 17.6 Å². The van der Waals surface area contributed by atoms with Crippen LogP contribution in [0.3, 0.4) is 0 Å². The molecule has 1 unspecified atom stereocenters. The second-order valence-electron chi connectivity index (χ2n) is 4.71. The van der Waals surface area contributed by atoms with Crippen LogP contribution in [0.1, 0.15) is 25.3 Å². The highest BCUT2D eigenvalue weighted by Gasteiger charge is 2.31. The van der Waals surface area contributed by atoms with Gasteiger partial charge in [0, 0.05) is 13.0 Å². The molecule has 0 spiro atoms. The van der Waals surface area contributed by atoms with E-state index in [1.807, 2.05) is 0 Å². The predicted molar refractivity (Wildman–Crippen MR) is 71.7 cm³/mol. The highest BCUT2D eigenvalue weighted by atomic mass is 16.5. The van der Waals surface area contributed by atoms with Crippen molar-refractivity contribution in [3.8, 4) is 5.75 Å². The van der Waals surface area contributed by atoms with Crippen LogP contribution < -0.4 is 9.64 Å². The van der Waals surface area contributed by atoms with Crippen molar-refractivity contribution in [1.29, 1.82) is 0 Å². The van der Waals surface area contributed by atoms with Crippen molar-refractivity contribution in [2.75, 3.05) is 11.4 Å². The molecule has 1 atom stereocenters. The molecule has 0 saturated carbocycles. The summed E-state index contributed by atoms with van der Waals surface area (Å²) in [5, 5.41) is 17.8. The molecular formula is C14H17NO5. The Hall–Kier alpha value is -2.08. The van der Waals surface area contributed by atoms with Gasteiger partial charge in [-0.2, -0.15) is 0 Å². The van der Waals surface area contributed by atoms with Gasteiger partial charge in [-0.05, 0) is 31.0 Å². The number of rotatable bonds is 5. The van der Waals surface area contributed by atoms with Gasteiger partial charge in [0.2, 0.25) is 0 Å². The average Bonchev–Trinajstić information content (AvgIpc) is 2.42. The fraction of sp³-hybridized carbons (Fsp3) is 0.429. The Labute approximate surface area is 116 Å². The Morgan fingerprint density at radius 3 is 2.85 bits per heavy atom. The van der Waals surface area contributed by atoms with Gasteiger partial charge in [0.15, 0.2) is 6.10 Å². The zero-order valence-electron chi connectivity index (χ0n) is 11.2. The Bertz CT molecular complexity index is 528. The second-order valence-corrected chi connectivity index (χ2v) is 4.71. The van der Waals surface area contributed by atoms with Crippen LogP contribution in [-0.4, -0.2) is 34.7 Å². The summed E-state index contributed by atoms with van der Waals surface area (Å²) in [7, 11) is 0. The number of ether oxygens (including phenoxy) is 1. The van der Waals surface area contributed by atoms with E-state index in [0.29, 0.717) is 30.0 Å². The molecule has 20 heavy (non-hydrogen) atoms. The number of aliphatic hydroxyl groups is 1. The summed E-state index contributed by atoms with van der Waals surface area (Å²) in [5.41, 5.74) is 1.33. The molecule has 1 aliphatic rings. The third-order valence-electron chi connectivity index (χ3n) is 3.19. The highest BCUT2D eigenvalue weighted by Crippen LogP contribution is 2.35. The van der Waals surface area contributed by atoms with E-state index in [4.69, 9.17) is 14.9 Å². The van der Waals surface area contributed by atoms with E-state index in [-0.39, 0.29) is 18.9 Å². The minimum Gasteiger partial charge on any atom is -0.481 e. The summed E-state index contributed by atoms with van der Waals surface area (Å²) >= 11 is 0. The first-order chi connectivity index (χ1) is 9.52. The second kappa shape index (κ2) is 5.92. The summed E-state index contributed by atoms with van der Waals surface area (Å²) in [5.74, 6) is -0.520. The largest absolute Gasteiger partial charge is 0.481 e. The topological polar surface area (TPSA) is 87.1 Å². The third kappa shape index (κ3) is 2.91. The number of aliphatic carboxylic acids is 1. The van der Waals surface area contributed by atoms with Crippen molar-refractivity contribution in [3.63, 3.8) is 0 Å². The van der Waals surface area contributed by atoms with Crippen molar-refractivity contribution in [3.05, 3.63) is 23.8 Å². The first-order valence-corrected chi connectivity index (χ1v) is 6.46. The van der Waals surface area contributed by atoms with Gasteiger partial charge in [-0.25, -0.2) is 0 Å². The smallest absolute Gasteiger partial charge is 0.303 e. The van der Waals surface area contributed by atoms with Crippen molar-refractivity contribution in [2.24, 2.45) is 0 Å². The van der Waals surface area contributed by atoms with Crippen LogP contribution in [0.15, 0.2) is 18.2 Å². The molecule has 1 aromatic rings. The SMILES string of the molecule is CC1Oc2cc(CO)ccc2N(CCCC(=O)O)C1=O. The van der Waals surface area contributed by atoms with Crippen LogP contribution in [0.5, 0.6) is 5.75 Å². The van der Waals surface area contributed by atoms with E-state index >= 15 is 0 Å². The molecule has 1 aliphatic heterocycles. The van der Waals surface area contributed by atoms with Crippen LogP contribution in [0.2, 0.25) is 0 Å². The number of nitrogens with zero attached hydrogens (tertiary/aromatic N) is 1. The quantitative estimate of drug-likeness (QED) is 0.844. The molecule has 2 N–H and O–H groups in total. The van der Waals surface area contributed by atoms with E-state index < -0.39 is 12.1 Å². The van der Waals surface area contributed by atoms with Gasteiger partial charge < -0.3 is 19.8 Å². The Morgan fingerprint density at radius 2 is 2.20 bits per heavy atom. The molecule has 1 aromatic carbocycles. The summed E-state index contributed by atoms with van der Waals surface area (Å²) in [6.45, 7) is 1.89. The van der Waals surface area contributed by atoms with Gasteiger partial charge >= 0.3 is 5.97 Å². The third-order valence-corrected chi connectivity index (χ3v) is 3.19. The maximum atomic E-state index is 12.1. The number of aliphatic hydroxyl groups excluding tert-OH is 1. The number of amides is 1. The van der Waals surface area contributed by atoms with Gasteiger partial charge in [-0.15, -0.1) is 0 Å². The summed E-state index contributed by atoms with van der Waals surface area (Å²) in [6, 6.07) is 5.13. The van der Waals surface area contributed by atoms with Crippen LogP contribution in [0.25, 0.3) is 0 Å². The van der Waals surface area contributed by atoms with Crippen molar-refractivity contribution < 1.29 is 24.5 Å². The Balaban J connectivity index is 2.22. The lowest BCUT2D eigenvalue weighted by Gasteiger charge is -2.33. The molecule has 108 valence electrons. The first-order valence-electron chi connectivity index (χ1n) is 6.46. The molecule has 0 saturated heterocycles. The molecule has 0 bridgehead atoms. The molecule has 6 nitrogen and oxygen atoms in total. The number of carboxylic acids is 1. The van der Waals surface area contributed by atoms with Crippen LogP contribution in [-0.2, 0) is 16.2 Å². The maximum absolute atomic E-state index is 12.1. The molecule has 1 heterocycles. The number of fused-ring (bicyclic) bond motifs is 1. The maximum Gasteiger partial charge on any atom is 0.303 e. The molecule has 0 aromatic heterocycles. The monoisotopic (exact) mass is 279 g/mol. The zero-order valence-corrected chi connectivity index (χ0v) is 11.2. The molecule has 0 fully saturated rings. The predicted octanol–water partition coefficient (Wildman–Crippen LogP) is 1.16. The van der Waals surface area contributed by atoms with E-state index in [0.717, 1.165) is 0 Å². The average molecular weight is 279 g/mol. The van der Waals surface area contributed by atoms with E-state index in [2.05, 4.69) is 0 Å². The van der Waals surface area contributed by atoms with Gasteiger partial charge in [-0.1, -0.05) is 6.07 Å². The lowest BCUT2D eigenvalue weighted by Crippen LogP contribution is -2.45. The standard InChI is InChI=1S/C14H17NO5/c1-9-14(19)15(6-2-3-13(17)18)11-5-4-10(8-16)7-12(11)20-9/h4-5,7,9,16H,2-3,6,8H2,1H3,(H,17,18). The van der Waals surface area contributed by atoms with Gasteiger partial charge in [0.25, 0.3) is 5.91 Å². The van der Waals surface area contributed by atoms with Crippen LogP contribution >= 0.6 is 0 Å². The molecular weight excluding hydrogens is 262 g/mol. The van der Waals surface area contributed by atoms with E-state index in [1.54, 1.807) is 30.0 Å². The number of hydrogen-bond donors (Lipinski definition) is 2. The summed E-state index contributed by atoms with van der Waals surface area (Å²) in [6.07, 6.45) is -0.209. The molecule has 2 rings (SSSR count).